The fourth-order valence-electron chi connectivity index (χ4n) is 3.45. The number of benzene rings is 2. The molecule has 2 aliphatic rings. The van der Waals surface area contributed by atoms with Crippen molar-refractivity contribution in [3.8, 4) is 0 Å². The molecule has 0 spiro atoms. The van der Waals surface area contributed by atoms with E-state index in [0.29, 0.717) is 29.7 Å². The molecule has 0 radical (unpaired) electrons. The highest BCUT2D eigenvalue weighted by Crippen LogP contribution is 2.24. The lowest BCUT2D eigenvalue weighted by molar-refractivity contribution is -0.125. The maximum atomic E-state index is 12.4. The molecule has 0 unspecified atom stereocenters. The fourth-order valence-corrected chi connectivity index (χ4v) is 3.45. The normalized spacial score (nSPS) is 15.2. The molecule has 1 fully saturated rings. The molecule has 2 aliphatic heterocycles. The fraction of sp³-hybridized carbons (Fsp3) is 0.227. The molecular formula is C22H19N3O6. The molecule has 0 bridgehead atoms. The summed E-state index contributed by atoms with van der Waals surface area (Å²) in [5.74, 6) is -1.44. The van der Waals surface area contributed by atoms with Crippen LogP contribution in [0.5, 0.6) is 0 Å². The van der Waals surface area contributed by atoms with Gasteiger partial charge in [0.15, 0.2) is 12.4 Å². The van der Waals surface area contributed by atoms with Crippen molar-refractivity contribution in [3.05, 3.63) is 64.7 Å². The Morgan fingerprint density at radius 2 is 1.84 bits per heavy atom. The molecule has 0 aromatic heterocycles. The predicted molar refractivity (Wildman–Crippen MR) is 108 cm³/mol. The van der Waals surface area contributed by atoms with Crippen molar-refractivity contribution < 1.29 is 28.7 Å². The first kappa shape index (κ1) is 20.3. The largest absolute Gasteiger partial charge is 0.454 e. The first-order valence-electron chi connectivity index (χ1n) is 9.71. The SMILES string of the molecule is O=C1CCc2cc(C(=O)COC(=O)c3cccc(CN4C(=O)CNC4=O)c3)ccc2N1. The molecule has 2 N–H and O–H groups in total. The Morgan fingerprint density at radius 1 is 1.00 bits per heavy atom. The molecule has 2 aromatic rings. The molecule has 9 heteroatoms. The van der Waals surface area contributed by atoms with Crippen molar-refractivity contribution in [2.24, 2.45) is 0 Å². The number of esters is 1. The van der Waals surface area contributed by atoms with Gasteiger partial charge >= 0.3 is 12.0 Å². The van der Waals surface area contributed by atoms with Crippen molar-refractivity contribution in [3.63, 3.8) is 0 Å². The van der Waals surface area contributed by atoms with Gasteiger partial charge in [0.25, 0.3) is 0 Å². The molecule has 4 amide bonds. The first-order chi connectivity index (χ1) is 14.9. The summed E-state index contributed by atoms with van der Waals surface area (Å²) >= 11 is 0. The molecule has 2 aromatic carbocycles. The lowest BCUT2D eigenvalue weighted by atomic mass is 9.99. The van der Waals surface area contributed by atoms with E-state index in [4.69, 9.17) is 4.74 Å². The molecule has 31 heavy (non-hydrogen) atoms. The summed E-state index contributed by atoms with van der Waals surface area (Å²) in [6.45, 7) is -0.435. The second-order valence-corrected chi connectivity index (χ2v) is 7.26. The summed E-state index contributed by atoms with van der Waals surface area (Å²) in [6, 6.07) is 10.8. The number of hydrogen-bond donors (Lipinski definition) is 2. The summed E-state index contributed by atoms with van der Waals surface area (Å²) in [5, 5.41) is 5.18. The van der Waals surface area contributed by atoms with Gasteiger partial charge in [0.05, 0.1) is 18.7 Å². The molecule has 2 heterocycles. The minimum absolute atomic E-state index is 0.0381. The zero-order chi connectivity index (χ0) is 22.0. The molecule has 158 valence electrons. The smallest absolute Gasteiger partial charge is 0.338 e. The Hall–Kier alpha value is -4.01. The highest BCUT2D eigenvalue weighted by atomic mass is 16.5. The van der Waals surface area contributed by atoms with Gasteiger partial charge < -0.3 is 15.4 Å². The highest BCUT2D eigenvalue weighted by molar-refractivity contribution is 6.02. The molecular weight excluding hydrogens is 402 g/mol. The Bertz CT molecular complexity index is 1090. The lowest BCUT2D eigenvalue weighted by Gasteiger charge is -2.17. The third-order valence-corrected chi connectivity index (χ3v) is 5.10. The summed E-state index contributed by atoms with van der Waals surface area (Å²) in [4.78, 5) is 60.7. The summed E-state index contributed by atoms with van der Waals surface area (Å²) < 4.78 is 5.15. The molecule has 0 saturated carbocycles. The Kier molecular flexibility index (Phi) is 5.48. The second kappa shape index (κ2) is 8.39. The summed E-state index contributed by atoms with van der Waals surface area (Å²) in [7, 11) is 0. The number of hydrogen-bond acceptors (Lipinski definition) is 6. The van der Waals surface area contributed by atoms with Crippen molar-refractivity contribution in [1.29, 1.82) is 0 Å². The minimum Gasteiger partial charge on any atom is -0.454 e. The molecule has 0 aliphatic carbocycles. The van der Waals surface area contributed by atoms with Crippen LogP contribution in [0.25, 0.3) is 0 Å². The summed E-state index contributed by atoms with van der Waals surface area (Å²) in [6.07, 6.45) is 0.910. The number of rotatable bonds is 6. The van der Waals surface area contributed by atoms with Crippen LogP contribution in [-0.4, -0.2) is 47.6 Å². The number of anilines is 1. The maximum Gasteiger partial charge on any atom is 0.338 e. The van der Waals surface area contributed by atoms with Gasteiger partial charge in [-0.3, -0.25) is 19.3 Å². The van der Waals surface area contributed by atoms with Crippen LogP contribution in [0.3, 0.4) is 0 Å². The number of ether oxygens (including phenoxy) is 1. The Balaban J connectivity index is 1.37. The van der Waals surface area contributed by atoms with Gasteiger partial charge in [-0.15, -0.1) is 0 Å². The number of aryl methyl sites for hydroxylation is 1. The zero-order valence-corrected chi connectivity index (χ0v) is 16.5. The van der Waals surface area contributed by atoms with Crippen molar-refractivity contribution in [1.82, 2.24) is 10.2 Å². The van der Waals surface area contributed by atoms with Crippen LogP contribution in [0.1, 0.15) is 38.3 Å². The number of Topliss-reactive ketones (excluding diaryl/α,β-unsaturated/α-hetero) is 1. The number of carbonyl (C=O) groups excluding carboxylic acids is 5. The quantitative estimate of drug-likeness (QED) is 0.416. The van der Waals surface area contributed by atoms with E-state index >= 15 is 0 Å². The van der Waals surface area contributed by atoms with E-state index in [1.807, 2.05) is 0 Å². The number of ketones is 1. The topological polar surface area (TPSA) is 122 Å². The van der Waals surface area contributed by atoms with E-state index in [9.17, 15) is 24.0 Å². The van der Waals surface area contributed by atoms with Crippen LogP contribution < -0.4 is 10.6 Å². The molecule has 9 nitrogen and oxygen atoms in total. The van der Waals surface area contributed by atoms with Gasteiger partial charge in [0.2, 0.25) is 11.8 Å². The predicted octanol–water partition coefficient (Wildman–Crippen LogP) is 1.66. The lowest BCUT2D eigenvalue weighted by Crippen LogP contribution is -2.30. The highest BCUT2D eigenvalue weighted by Gasteiger charge is 2.28. The molecule has 0 atom stereocenters. The number of fused-ring (bicyclic) bond motifs is 1. The van der Waals surface area contributed by atoms with E-state index < -0.39 is 18.6 Å². The standard InChI is InChI=1S/C22H19N3O6/c26-18(15-4-6-17-14(9-15)5-7-19(27)24-17)12-31-21(29)16-3-1-2-13(8-16)11-25-20(28)10-23-22(25)30/h1-4,6,8-9H,5,7,10-12H2,(H,23,30)(H,24,27). The number of imide groups is 1. The van der Waals surface area contributed by atoms with Gasteiger partial charge in [0, 0.05) is 17.7 Å². The van der Waals surface area contributed by atoms with Gasteiger partial charge in [-0.05, 0) is 47.9 Å². The van der Waals surface area contributed by atoms with E-state index in [1.54, 1.807) is 30.3 Å². The number of amides is 4. The zero-order valence-electron chi connectivity index (χ0n) is 16.5. The summed E-state index contributed by atoms with van der Waals surface area (Å²) in [5.41, 5.74) is 2.75. The van der Waals surface area contributed by atoms with E-state index in [0.717, 1.165) is 10.5 Å². The number of nitrogens with one attached hydrogen (secondary N) is 2. The van der Waals surface area contributed by atoms with Crippen LogP contribution >= 0.6 is 0 Å². The second-order valence-electron chi connectivity index (χ2n) is 7.26. The van der Waals surface area contributed by atoms with Gasteiger partial charge in [-0.2, -0.15) is 0 Å². The van der Waals surface area contributed by atoms with Crippen LogP contribution in [0.4, 0.5) is 10.5 Å². The first-order valence-corrected chi connectivity index (χ1v) is 9.71. The third kappa shape index (κ3) is 4.45. The number of nitrogens with zero attached hydrogens (tertiary/aromatic N) is 1. The Labute approximate surface area is 177 Å². The van der Waals surface area contributed by atoms with Crippen molar-refractivity contribution in [2.75, 3.05) is 18.5 Å². The van der Waals surface area contributed by atoms with Crippen LogP contribution in [0, 0.1) is 0 Å². The molecule has 1 saturated heterocycles. The van der Waals surface area contributed by atoms with Gasteiger partial charge in [0.1, 0.15) is 0 Å². The average Bonchev–Trinajstić information content (AvgIpc) is 3.09. The monoisotopic (exact) mass is 421 g/mol. The number of urea groups is 1. The van der Waals surface area contributed by atoms with E-state index in [1.165, 1.54) is 12.1 Å². The Morgan fingerprint density at radius 3 is 2.61 bits per heavy atom. The van der Waals surface area contributed by atoms with Crippen LogP contribution in [0.2, 0.25) is 0 Å². The van der Waals surface area contributed by atoms with Crippen molar-refractivity contribution in [2.45, 2.75) is 19.4 Å². The van der Waals surface area contributed by atoms with Crippen molar-refractivity contribution >= 4 is 35.3 Å². The van der Waals surface area contributed by atoms with Crippen LogP contribution in [-0.2, 0) is 27.3 Å². The third-order valence-electron chi connectivity index (χ3n) is 5.10. The van der Waals surface area contributed by atoms with E-state index in [2.05, 4.69) is 10.6 Å². The van der Waals surface area contributed by atoms with Gasteiger partial charge in [-0.1, -0.05) is 12.1 Å². The molecule has 4 rings (SSSR count). The average molecular weight is 421 g/mol. The van der Waals surface area contributed by atoms with Gasteiger partial charge in [-0.25, -0.2) is 9.59 Å². The number of carbonyl (C=O) groups is 5. The minimum atomic E-state index is -0.683. The van der Waals surface area contributed by atoms with E-state index in [-0.39, 0.29) is 36.3 Å². The maximum absolute atomic E-state index is 12.4. The van der Waals surface area contributed by atoms with Crippen LogP contribution in [0.15, 0.2) is 42.5 Å².